The van der Waals surface area contributed by atoms with Crippen LogP contribution in [0, 0.1) is 0 Å². The molecule has 0 aromatic heterocycles. The highest BCUT2D eigenvalue weighted by Gasteiger charge is 2.34. The lowest BCUT2D eigenvalue weighted by Crippen LogP contribution is -2.47. The van der Waals surface area contributed by atoms with Gasteiger partial charge in [0.05, 0.1) is 17.2 Å². The zero-order valence-electron chi connectivity index (χ0n) is 26.1. The summed E-state index contributed by atoms with van der Waals surface area (Å²) in [4.78, 5) is 13.5. The molecule has 0 spiro atoms. The van der Waals surface area contributed by atoms with Crippen molar-refractivity contribution in [1.29, 1.82) is 0 Å². The van der Waals surface area contributed by atoms with Gasteiger partial charge in [0, 0.05) is 32.1 Å². The first kappa shape index (κ1) is 35.0. The van der Waals surface area contributed by atoms with Crippen molar-refractivity contribution in [3.8, 4) is 5.75 Å². The van der Waals surface area contributed by atoms with Gasteiger partial charge in [0.1, 0.15) is 11.3 Å². The Kier molecular flexibility index (Phi) is 12.3. The van der Waals surface area contributed by atoms with E-state index in [1.54, 1.807) is 19.9 Å². The van der Waals surface area contributed by atoms with Crippen molar-refractivity contribution in [3.05, 3.63) is 136 Å². The number of alkyl halides is 3. The van der Waals surface area contributed by atoms with Gasteiger partial charge in [0.25, 0.3) is 0 Å². The largest absolute Gasteiger partial charge is 0.494 e. The molecule has 0 unspecified atom stereocenters. The second-order valence-electron chi connectivity index (χ2n) is 11.8. The van der Waals surface area contributed by atoms with E-state index in [2.05, 4.69) is 34.5 Å². The third-order valence-corrected chi connectivity index (χ3v) is 8.37. The molecular formula is C37H40ClF3N2O3. The molecule has 5 nitrogen and oxygen atoms in total. The molecule has 244 valence electrons. The maximum Gasteiger partial charge on any atom is 0.417 e. The van der Waals surface area contributed by atoms with Crippen LogP contribution in [-0.4, -0.2) is 47.8 Å². The average molecular weight is 653 g/mol. The van der Waals surface area contributed by atoms with Gasteiger partial charge in [-0.25, -0.2) is 0 Å². The molecule has 0 atom stereocenters. The zero-order valence-corrected chi connectivity index (χ0v) is 26.8. The number of ether oxygens (including phenoxy) is 1. The van der Waals surface area contributed by atoms with Crippen molar-refractivity contribution in [2.75, 3.05) is 26.2 Å². The minimum atomic E-state index is -4.54. The lowest BCUT2D eigenvalue weighted by atomic mass is 9.90. The van der Waals surface area contributed by atoms with Crippen LogP contribution < -0.4 is 10.1 Å². The summed E-state index contributed by atoms with van der Waals surface area (Å²) >= 11 is 6.34. The standard InChI is InChI=1S/C37H40ClF3N2O3/c1-36(2,35(44)45)42-21-20-27-12-9-18-31(24-27)46-23-11-22-43(25-30-17-10-19-33(34(30)38)37(39,40)41)26-32(28-13-5-3-6-14-28)29-15-7-4-8-16-29/h3-10,12-19,24,32,42H,11,20-23,25-26H2,1-2H3,(H,44,45). The topological polar surface area (TPSA) is 61.8 Å². The molecule has 4 rings (SSSR count). The van der Waals surface area contributed by atoms with Crippen LogP contribution in [-0.2, 0) is 23.9 Å². The number of hydrogen-bond acceptors (Lipinski definition) is 4. The summed E-state index contributed by atoms with van der Waals surface area (Å²) in [7, 11) is 0. The molecule has 0 saturated carbocycles. The number of carbonyl (C=O) groups is 1. The van der Waals surface area contributed by atoms with Crippen LogP contribution in [0.3, 0.4) is 0 Å². The van der Waals surface area contributed by atoms with Crippen molar-refractivity contribution >= 4 is 17.6 Å². The van der Waals surface area contributed by atoms with E-state index in [9.17, 15) is 23.1 Å². The third kappa shape index (κ3) is 10.1. The van der Waals surface area contributed by atoms with Gasteiger partial charge in [0.15, 0.2) is 0 Å². The van der Waals surface area contributed by atoms with Crippen LogP contribution in [0.2, 0.25) is 5.02 Å². The van der Waals surface area contributed by atoms with Crippen LogP contribution in [0.1, 0.15) is 54.0 Å². The van der Waals surface area contributed by atoms with E-state index in [1.807, 2.05) is 60.7 Å². The highest BCUT2D eigenvalue weighted by Crippen LogP contribution is 2.37. The van der Waals surface area contributed by atoms with Gasteiger partial charge < -0.3 is 15.2 Å². The second-order valence-corrected chi connectivity index (χ2v) is 12.2. The van der Waals surface area contributed by atoms with Gasteiger partial charge in [0.2, 0.25) is 0 Å². The number of carboxylic acids is 1. The Morgan fingerprint density at radius 3 is 2.15 bits per heavy atom. The molecular weight excluding hydrogens is 613 g/mol. The fourth-order valence-electron chi connectivity index (χ4n) is 5.29. The molecule has 2 N–H and O–H groups in total. The van der Waals surface area contributed by atoms with Gasteiger partial charge in [-0.1, -0.05) is 96.5 Å². The minimum absolute atomic E-state index is 0.00992. The van der Waals surface area contributed by atoms with Crippen LogP contribution in [0.15, 0.2) is 103 Å². The molecule has 0 amide bonds. The molecule has 9 heteroatoms. The van der Waals surface area contributed by atoms with Gasteiger partial charge in [-0.05, 0) is 67.1 Å². The van der Waals surface area contributed by atoms with Crippen molar-refractivity contribution in [1.82, 2.24) is 10.2 Å². The molecule has 4 aromatic rings. The van der Waals surface area contributed by atoms with Gasteiger partial charge in [-0.15, -0.1) is 0 Å². The molecule has 0 aliphatic carbocycles. The first-order valence-electron chi connectivity index (χ1n) is 15.3. The Hall–Kier alpha value is -3.85. The van der Waals surface area contributed by atoms with E-state index in [0.717, 1.165) is 22.8 Å². The smallest absolute Gasteiger partial charge is 0.417 e. The fourth-order valence-corrected chi connectivity index (χ4v) is 5.59. The van der Waals surface area contributed by atoms with E-state index in [4.69, 9.17) is 16.3 Å². The van der Waals surface area contributed by atoms with Gasteiger partial charge >= 0.3 is 12.1 Å². The molecule has 0 radical (unpaired) electrons. The van der Waals surface area contributed by atoms with Crippen molar-refractivity contribution in [3.63, 3.8) is 0 Å². The van der Waals surface area contributed by atoms with Crippen LogP contribution in [0.5, 0.6) is 5.75 Å². The Morgan fingerprint density at radius 2 is 1.54 bits per heavy atom. The maximum absolute atomic E-state index is 13.7. The van der Waals surface area contributed by atoms with Crippen molar-refractivity contribution in [2.45, 2.75) is 50.9 Å². The SMILES string of the molecule is CC(C)(NCCc1cccc(OCCCN(Cc2cccc(C(F)(F)F)c2Cl)CC(c2ccccc2)c2ccccc2)c1)C(=O)O. The molecule has 0 aliphatic rings. The van der Waals surface area contributed by atoms with E-state index in [0.29, 0.717) is 50.4 Å². The first-order chi connectivity index (χ1) is 21.9. The number of nitrogens with one attached hydrogen (secondary N) is 1. The van der Waals surface area contributed by atoms with Crippen molar-refractivity contribution in [2.24, 2.45) is 0 Å². The van der Waals surface area contributed by atoms with Crippen LogP contribution in [0.25, 0.3) is 0 Å². The Morgan fingerprint density at radius 1 is 0.913 bits per heavy atom. The number of rotatable bonds is 16. The predicted octanol–water partition coefficient (Wildman–Crippen LogP) is 8.46. The number of halogens is 4. The van der Waals surface area contributed by atoms with Crippen molar-refractivity contribution < 1.29 is 27.8 Å². The Labute approximate surface area is 274 Å². The van der Waals surface area contributed by atoms with Crippen LogP contribution >= 0.6 is 11.6 Å². The number of hydrogen-bond donors (Lipinski definition) is 2. The maximum atomic E-state index is 13.7. The first-order valence-corrected chi connectivity index (χ1v) is 15.7. The molecule has 0 bridgehead atoms. The molecule has 46 heavy (non-hydrogen) atoms. The summed E-state index contributed by atoms with van der Waals surface area (Å²) in [6.07, 6.45) is -3.27. The monoisotopic (exact) mass is 652 g/mol. The number of carboxylic acid groups (broad SMARTS) is 1. The lowest BCUT2D eigenvalue weighted by Gasteiger charge is -2.29. The Bertz CT molecular complexity index is 1510. The highest BCUT2D eigenvalue weighted by molar-refractivity contribution is 6.32. The highest BCUT2D eigenvalue weighted by atomic mass is 35.5. The number of nitrogens with zero attached hydrogens (tertiary/aromatic N) is 1. The van der Waals surface area contributed by atoms with Crippen LogP contribution in [0.4, 0.5) is 13.2 Å². The van der Waals surface area contributed by atoms with Gasteiger partial charge in [-0.2, -0.15) is 13.2 Å². The van der Waals surface area contributed by atoms with Gasteiger partial charge in [-0.3, -0.25) is 9.69 Å². The summed E-state index contributed by atoms with van der Waals surface area (Å²) in [6, 6.07) is 31.9. The summed E-state index contributed by atoms with van der Waals surface area (Å²) in [5, 5.41) is 12.1. The van der Waals surface area contributed by atoms with E-state index < -0.39 is 23.2 Å². The second kappa shape index (κ2) is 16.1. The summed E-state index contributed by atoms with van der Waals surface area (Å²) < 4.78 is 47.1. The minimum Gasteiger partial charge on any atom is -0.494 e. The number of aliphatic carboxylic acids is 1. The molecule has 4 aromatic carbocycles. The fraction of sp³-hybridized carbons (Fsp3) is 0.324. The predicted molar refractivity (Wildman–Crippen MR) is 176 cm³/mol. The molecule has 0 aliphatic heterocycles. The zero-order chi connectivity index (χ0) is 33.2. The quantitative estimate of drug-likeness (QED) is 0.119. The summed E-state index contributed by atoms with van der Waals surface area (Å²) in [5.41, 5.74) is 1.81. The van der Waals surface area contributed by atoms with E-state index in [-0.39, 0.29) is 17.5 Å². The Balaban J connectivity index is 1.47. The van der Waals surface area contributed by atoms with E-state index >= 15 is 0 Å². The average Bonchev–Trinajstić information content (AvgIpc) is 3.03. The summed E-state index contributed by atoms with van der Waals surface area (Å²) in [6.45, 7) is 5.53. The molecule has 0 saturated heterocycles. The summed E-state index contributed by atoms with van der Waals surface area (Å²) in [5.74, 6) is -0.217. The normalized spacial score (nSPS) is 12.1. The molecule has 0 fully saturated rings. The number of benzene rings is 4. The molecule has 0 heterocycles. The third-order valence-electron chi connectivity index (χ3n) is 7.92. The van der Waals surface area contributed by atoms with E-state index in [1.165, 1.54) is 6.07 Å². The lowest BCUT2D eigenvalue weighted by molar-refractivity contribution is -0.143.